The average molecular weight is 324 g/mol. The van der Waals surface area contributed by atoms with Crippen molar-refractivity contribution in [2.45, 2.75) is 13.0 Å². The summed E-state index contributed by atoms with van der Waals surface area (Å²) in [6.07, 6.45) is 5.04. The van der Waals surface area contributed by atoms with Gasteiger partial charge in [0.1, 0.15) is 5.75 Å². The Bertz CT molecular complexity index is 754. The summed E-state index contributed by atoms with van der Waals surface area (Å²) in [7, 11) is 2.07. The Balaban J connectivity index is 1.53. The molecule has 1 aliphatic heterocycles. The molecule has 0 N–H and O–H groups in total. The Morgan fingerprint density at radius 2 is 2.04 bits per heavy atom. The topological polar surface area (TPSA) is 55.6 Å². The number of rotatable bonds is 6. The third kappa shape index (κ3) is 4.00. The molecule has 3 rings (SSSR count). The minimum absolute atomic E-state index is 0.116. The van der Waals surface area contributed by atoms with Crippen LogP contribution in [0.4, 0.5) is 5.69 Å². The van der Waals surface area contributed by atoms with Crippen LogP contribution in [-0.2, 0) is 13.0 Å². The summed E-state index contributed by atoms with van der Waals surface area (Å²) in [6.45, 7) is 2.47. The van der Waals surface area contributed by atoms with Gasteiger partial charge in [0.05, 0.1) is 11.5 Å². The number of ether oxygens (including phenoxy) is 1. The first-order valence-electron chi connectivity index (χ1n) is 7.96. The van der Waals surface area contributed by atoms with Crippen molar-refractivity contribution < 1.29 is 9.66 Å². The number of hydrogen-bond acceptors (Lipinski definition) is 4. The van der Waals surface area contributed by atoms with Gasteiger partial charge >= 0.3 is 0 Å². The zero-order valence-corrected chi connectivity index (χ0v) is 13.6. The molecule has 0 bridgehead atoms. The molecule has 2 aromatic carbocycles. The monoisotopic (exact) mass is 324 g/mol. The maximum absolute atomic E-state index is 10.6. The Hall–Kier alpha value is -2.66. The van der Waals surface area contributed by atoms with Gasteiger partial charge in [-0.15, -0.1) is 0 Å². The van der Waals surface area contributed by atoms with Crippen LogP contribution in [0.1, 0.15) is 16.7 Å². The highest BCUT2D eigenvalue weighted by molar-refractivity contribution is 5.51. The lowest BCUT2D eigenvalue weighted by Crippen LogP contribution is -2.17. The standard InChI is InChI=1S/C19H20N2O3/c1-20(14-16-6-9-19-17(13-16)10-12-24-19)11-2-3-15-4-7-18(8-5-15)21(22)23/h2-9,13H,10-12,14H2,1H3. The van der Waals surface area contributed by atoms with E-state index in [-0.39, 0.29) is 10.6 Å². The first-order chi connectivity index (χ1) is 11.6. The van der Waals surface area contributed by atoms with Crippen molar-refractivity contribution in [3.05, 3.63) is 75.3 Å². The van der Waals surface area contributed by atoms with Crippen LogP contribution in [0.15, 0.2) is 48.5 Å². The summed E-state index contributed by atoms with van der Waals surface area (Å²) in [5.74, 6) is 1.01. The van der Waals surface area contributed by atoms with Crippen LogP contribution in [0.25, 0.3) is 6.08 Å². The average Bonchev–Trinajstić information content (AvgIpc) is 3.03. The maximum Gasteiger partial charge on any atom is 0.269 e. The van der Waals surface area contributed by atoms with E-state index < -0.39 is 0 Å². The van der Waals surface area contributed by atoms with Gasteiger partial charge in [0.2, 0.25) is 0 Å². The molecule has 1 heterocycles. The highest BCUT2D eigenvalue weighted by Crippen LogP contribution is 2.26. The number of non-ortho nitro benzene ring substituents is 1. The Morgan fingerprint density at radius 1 is 1.25 bits per heavy atom. The van der Waals surface area contributed by atoms with Crippen molar-refractivity contribution in [1.29, 1.82) is 0 Å². The Kier molecular flexibility index (Phi) is 4.91. The van der Waals surface area contributed by atoms with Crippen molar-refractivity contribution >= 4 is 11.8 Å². The lowest BCUT2D eigenvalue weighted by molar-refractivity contribution is -0.384. The summed E-state index contributed by atoms with van der Waals surface area (Å²) in [4.78, 5) is 12.5. The quantitative estimate of drug-likeness (QED) is 0.601. The summed E-state index contributed by atoms with van der Waals surface area (Å²) >= 11 is 0. The fourth-order valence-electron chi connectivity index (χ4n) is 2.79. The minimum Gasteiger partial charge on any atom is -0.493 e. The van der Waals surface area contributed by atoms with Crippen LogP contribution in [0, 0.1) is 10.1 Å². The first kappa shape index (κ1) is 16.2. The van der Waals surface area contributed by atoms with Crippen LogP contribution in [0.2, 0.25) is 0 Å². The van der Waals surface area contributed by atoms with Crippen LogP contribution in [0.3, 0.4) is 0 Å². The van der Waals surface area contributed by atoms with E-state index in [1.807, 2.05) is 6.08 Å². The van der Waals surface area contributed by atoms with Crippen LogP contribution in [0.5, 0.6) is 5.75 Å². The number of hydrogen-bond donors (Lipinski definition) is 0. The SMILES string of the molecule is CN(CC=Cc1ccc([N+](=O)[O-])cc1)Cc1ccc2c(c1)CCO2. The van der Waals surface area contributed by atoms with Crippen LogP contribution >= 0.6 is 0 Å². The van der Waals surface area contributed by atoms with Crippen molar-refractivity contribution in [3.8, 4) is 5.75 Å². The van der Waals surface area contributed by atoms with Gasteiger partial charge in [-0.1, -0.05) is 24.3 Å². The third-order valence-electron chi connectivity index (χ3n) is 4.04. The van der Waals surface area contributed by atoms with E-state index in [2.05, 4.69) is 36.2 Å². The number of nitrogens with zero attached hydrogens (tertiary/aromatic N) is 2. The van der Waals surface area contributed by atoms with Crippen molar-refractivity contribution in [2.75, 3.05) is 20.2 Å². The van der Waals surface area contributed by atoms with Gasteiger partial charge in [-0.3, -0.25) is 15.0 Å². The van der Waals surface area contributed by atoms with Gasteiger partial charge in [0.15, 0.2) is 0 Å². The second-order valence-electron chi connectivity index (χ2n) is 5.99. The number of benzene rings is 2. The molecule has 0 atom stereocenters. The van der Waals surface area contributed by atoms with Gasteiger partial charge in [-0.2, -0.15) is 0 Å². The van der Waals surface area contributed by atoms with E-state index in [1.54, 1.807) is 12.1 Å². The maximum atomic E-state index is 10.6. The number of fused-ring (bicyclic) bond motifs is 1. The molecule has 0 saturated carbocycles. The van der Waals surface area contributed by atoms with Crippen molar-refractivity contribution in [1.82, 2.24) is 4.90 Å². The normalized spacial score (nSPS) is 13.2. The van der Waals surface area contributed by atoms with Crippen LogP contribution < -0.4 is 4.74 Å². The molecule has 1 aliphatic rings. The fourth-order valence-corrected chi connectivity index (χ4v) is 2.79. The van der Waals surface area contributed by atoms with Gasteiger partial charge in [0.25, 0.3) is 5.69 Å². The third-order valence-corrected chi connectivity index (χ3v) is 4.04. The number of nitro groups is 1. The smallest absolute Gasteiger partial charge is 0.269 e. The summed E-state index contributed by atoms with van der Waals surface area (Å²) in [5.41, 5.74) is 3.65. The lowest BCUT2D eigenvalue weighted by Gasteiger charge is -2.15. The highest BCUT2D eigenvalue weighted by Gasteiger charge is 2.12. The van der Waals surface area contributed by atoms with Crippen molar-refractivity contribution in [3.63, 3.8) is 0 Å². The van der Waals surface area contributed by atoms with E-state index in [1.165, 1.54) is 23.3 Å². The Morgan fingerprint density at radius 3 is 2.79 bits per heavy atom. The molecule has 0 spiro atoms. The molecule has 0 aromatic heterocycles. The second kappa shape index (κ2) is 7.27. The molecule has 0 radical (unpaired) electrons. The predicted molar refractivity (Wildman–Crippen MR) is 94.1 cm³/mol. The molecule has 5 heteroatoms. The molecule has 24 heavy (non-hydrogen) atoms. The molecule has 0 saturated heterocycles. The molecule has 2 aromatic rings. The van der Waals surface area contributed by atoms with E-state index in [0.29, 0.717) is 0 Å². The van der Waals surface area contributed by atoms with Crippen molar-refractivity contribution in [2.24, 2.45) is 0 Å². The molecule has 0 fully saturated rings. The minimum atomic E-state index is -0.386. The number of nitro benzene ring substituents is 1. The van der Waals surface area contributed by atoms with E-state index in [4.69, 9.17) is 4.74 Å². The van der Waals surface area contributed by atoms with Crippen LogP contribution in [-0.4, -0.2) is 30.0 Å². The highest BCUT2D eigenvalue weighted by atomic mass is 16.6. The largest absolute Gasteiger partial charge is 0.493 e. The van der Waals surface area contributed by atoms with E-state index >= 15 is 0 Å². The fraction of sp³-hybridized carbons (Fsp3) is 0.263. The van der Waals surface area contributed by atoms with Gasteiger partial charge in [0, 0.05) is 31.6 Å². The number of likely N-dealkylation sites (N-methyl/N-ethyl adjacent to an activating group) is 1. The molecule has 5 nitrogen and oxygen atoms in total. The predicted octanol–water partition coefficient (Wildman–Crippen LogP) is 3.67. The summed E-state index contributed by atoms with van der Waals surface area (Å²) in [5, 5.41) is 10.6. The zero-order valence-electron chi connectivity index (χ0n) is 13.6. The Labute approximate surface area is 141 Å². The molecule has 0 unspecified atom stereocenters. The molecule has 124 valence electrons. The van der Waals surface area contributed by atoms with Gasteiger partial charge < -0.3 is 4.74 Å². The molecule has 0 aliphatic carbocycles. The summed E-state index contributed by atoms with van der Waals surface area (Å²) in [6, 6.07) is 13.0. The van der Waals surface area contributed by atoms with Gasteiger partial charge in [-0.05, 0) is 41.9 Å². The zero-order chi connectivity index (χ0) is 16.9. The molecular weight excluding hydrogens is 304 g/mol. The van der Waals surface area contributed by atoms with E-state index in [9.17, 15) is 10.1 Å². The van der Waals surface area contributed by atoms with E-state index in [0.717, 1.165) is 37.4 Å². The first-order valence-corrected chi connectivity index (χ1v) is 7.96. The molecular formula is C19H20N2O3. The van der Waals surface area contributed by atoms with Gasteiger partial charge in [-0.25, -0.2) is 0 Å². The molecule has 0 amide bonds. The lowest BCUT2D eigenvalue weighted by atomic mass is 10.1. The second-order valence-corrected chi connectivity index (χ2v) is 5.99. The summed E-state index contributed by atoms with van der Waals surface area (Å²) < 4.78 is 5.53.